The van der Waals surface area contributed by atoms with Gasteiger partial charge in [0.05, 0.1) is 7.11 Å². The molecule has 3 aromatic rings. The van der Waals surface area contributed by atoms with Gasteiger partial charge in [-0.15, -0.1) is 0 Å². The van der Waals surface area contributed by atoms with Gasteiger partial charge in [-0.25, -0.2) is 0 Å². The highest BCUT2D eigenvalue weighted by atomic mass is 16.5. The first kappa shape index (κ1) is 20.2. The van der Waals surface area contributed by atoms with Crippen LogP contribution in [0.4, 0.5) is 0 Å². The molecule has 0 aliphatic carbocycles. The summed E-state index contributed by atoms with van der Waals surface area (Å²) in [6.07, 6.45) is 3.24. The van der Waals surface area contributed by atoms with Crippen LogP contribution in [0.5, 0.6) is 17.2 Å². The van der Waals surface area contributed by atoms with Crippen molar-refractivity contribution < 1.29 is 19.4 Å². The summed E-state index contributed by atoms with van der Waals surface area (Å²) in [5.74, 6) is 1.49. The fraction of sp³-hybridized carbons (Fsp3) is 0.160. The standard InChI is InChI=1S/C25H24O4/c1-17-6-4-7-18(2)25(17)29-16-21-14-19(11-13-24(21)28-3)10-12-23(27)20-8-5-9-22(26)15-20/h4-15,26H,16H2,1-3H3/b12-10+. The minimum atomic E-state index is -0.176. The van der Waals surface area contributed by atoms with E-state index in [2.05, 4.69) is 0 Å². The lowest BCUT2D eigenvalue weighted by Gasteiger charge is -2.14. The summed E-state index contributed by atoms with van der Waals surface area (Å²) >= 11 is 0. The molecule has 29 heavy (non-hydrogen) atoms. The van der Waals surface area contributed by atoms with Gasteiger partial charge in [0.15, 0.2) is 5.78 Å². The zero-order valence-corrected chi connectivity index (χ0v) is 16.8. The summed E-state index contributed by atoms with van der Waals surface area (Å²) in [6.45, 7) is 4.40. The van der Waals surface area contributed by atoms with E-state index >= 15 is 0 Å². The number of aromatic hydroxyl groups is 1. The molecule has 0 fully saturated rings. The molecule has 0 aliphatic heterocycles. The van der Waals surface area contributed by atoms with Gasteiger partial charge in [0.25, 0.3) is 0 Å². The largest absolute Gasteiger partial charge is 0.508 e. The van der Waals surface area contributed by atoms with Gasteiger partial charge in [-0.3, -0.25) is 4.79 Å². The number of hydrogen-bond acceptors (Lipinski definition) is 4. The van der Waals surface area contributed by atoms with Crippen LogP contribution in [0.1, 0.15) is 32.6 Å². The van der Waals surface area contributed by atoms with E-state index in [1.807, 2.05) is 50.2 Å². The molecule has 0 aliphatic rings. The second kappa shape index (κ2) is 9.11. The Hall–Kier alpha value is -3.53. The van der Waals surface area contributed by atoms with Crippen LogP contribution in [0, 0.1) is 13.8 Å². The number of methoxy groups -OCH3 is 1. The number of phenolic OH excluding ortho intramolecular Hbond substituents is 1. The Kier molecular flexibility index (Phi) is 6.35. The Balaban J connectivity index is 1.79. The van der Waals surface area contributed by atoms with E-state index in [1.165, 1.54) is 18.2 Å². The third-order valence-electron chi connectivity index (χ3n) is 4.64. The van der Waals surface area contributed by atoms with Crippen molar-refractivity contribution in [1.29, 1.82) is 0 Å². The zero-order valence-electron chi connectivity index (χ0n) is 16.8. The van der Waals surface area contributed by atoms with Crippen LogP contribution < -0.4 is 9.47 Å². The monoisotopic (exact) mass is 388 g/mol. The molecule has 0 bridgehead atoms. The maximum Gasteiger partial charge on any atom is 0.185 e. The summed E-state index contributed by atoms with van der Waals surface area (Å²) in [5, 5.41) is 9.53. The number of aryl methyl sites for hydroxylation is 2. The van der Waals surface area contributed by atoms with Gasteiger partial charge in [0, 0.05) is 11.1 Å². The first-order valence-corrected chi connectivity index (χ1v) is 9.35. The number of rotatable bonds is 7. The SMILES string of the molecule is COc1ccc(/C=C/C(=O)c2cccc(O)c2)cc1COc1c(C)cccc1C. The van der Waals surface area contributed by atoms with Crippen LogP contribution in [-0.2, 0) is 6.61 Å². The molecule has 0 radical (unpaired) electrons. The lowest BCUT2D eigenvalue weighted by molar-refractivity contribution is 0.104. The van der Waals surface area contributed by atoms with Crippen molar-refractivity contribution in [1.82, 2.24) is 0 Å². The fourth-order valence-electron chi connectivity index (χ4n) is 3.12. The summed E-state index contributed by atoms with van der Waals surface area (Å²) < 4.78 is 11.5. The fourth-order valence-corrected chi connectivity index (χ4v) is 3.12. The molecule has 0 aromatic heterocycles. The van der Waals surface area contributed by atoms with Gasteiger partial charge in [0.1, 0.15) is 23.9 Å². The van der Waals surface area contributed by atoms with Crippen LogP contribution in [0.25, 0.3) is 6.08 Å². The molecular formula is C25H24O4. The molecule has 3 rings (SSSR count). The van der Waals surface area contributed by atoms with Crippen molar-refractivity contribution in [2.24, 2.45) is 0 Å². The van der Waals surface area contributed by atoms with Crippen molar-refractivity contribution >= 4 is 11.9 Å². The Morgan fingerprint density at radius 2 is 1.72 bits per heavy atom. The first-order chi connectivity index (χ1) is 14.0. The zero-order chi connectivity index (χ0) is 20.8. The molecule has 4 heteroatoms. The molecule has 0 unspecified atom stereocenters. The van der Waals surface area contributed by atoms with E-state index in [1.54, 1.807) is 25.3 Å². The van der Waals surface area contributed by atoms with Crippen molar-refractivity contribution in [2.75, 3.05) is 7.11 Å². The summed E-state index contributed by atoms with van der Waals surface area (Å²) in [4.78, 5) is 12.3. The number of phenols is 1. The van der Waals surface area contributed by atoms with Crippen LogP contribution in [0.2, 0.25) is 0 Å². The van der Waals surface area contributed by atoms with Crippen molar-refractivity contribution in [3.63, 3.8) is 0 Å². The Labute approximate surface area is 171 Å². The second-order valence-corrected chi connectivity index (χ2v) is 6.83. The molecule has 0 atom stereocenters. The third-order valence-corrected chi connectivity index (χ3v) is 4.64. The number of hydrogen-bond donors (Lipinski definition) is 1. The molecule has 148 valence electrons. The van der Waals surface area contributed by atoms with Crippen molar-refractivity contribution in [2.45, 2.75) is 20.5 Å². The molecule has 0 amide bonds. The average molecular weight is 388 g/mol. The number of carbonyl (C=O) groups is 1. The number of ketones is 1. The lowest BCUT2D eigenvalue weighted by atomic mass is 10.1. The summed E-state index contributed by atoms with van der Waals surface area (Å²) in [6, 6.07) is 18.0. The maximum absolute atomic E-state index is 12.3. The first-order valence-electron chi connectivity index (χ1n) is 9.35. The van der Waals surface area contributed by atoms with E-state index in [4.69, 9.17) is 9.47 Å². The average Bonchev–Trinajstić information content (AvgIpc) is 2.71. The van der Waals surface area contributed by atoms with E-state index in [0.717, 1.165) is 33.8 Å². The van der Waals surface area contributed by atoms with Gasteiger partial charge in [0.2, 0.25) is 0 Å². The third kappa shape index (κ3) is 5.05. The molecule has 0 spiro atoms. The highest BCUT2D eigenvalue weighted by Gasteiger charge is 2.09. The Bertz CT molecular complexity index is 1030. The van der Waals surface area contributed by atoms with E-state index < -0.39 is 0 Å². The molecule has 3 aromatic carbocycles. The van der Waals surface area contributed by atoms with Gasteiger partial charge in [-0.1, -0.05) is 42.5 Å². The number of para-hydroxylation sites is 1. The smallest absolute Gasteiger partial charge is 0.185 e. The quantitative estimate of drug-likeness (QED) is 0.429. The Morgan fingerprint density at radius 3 is 2.41 bits per heavy atom. The minimum absolute atomic E-state index is 0.0691. The molecule has 0 saturated heterocycles. The second-order valence-electron chi connectivity index (χ2n) is 6.83. The predicted molar refractivity (Wildman–Crippen MR) is 115 cm³/mol. The number of benzene rings is 3. The summed E-state index contributed by atoms with van der Waals surface area (Å²) in [7, 11) is 1.62. The predicted octanol–water partition coefficient (Wildman–Crippen LogP) is 5.49. The van der Waals surface area contributed by atoms with Gasteiger partial charge in [-0.05, 0) is 60.9 Å². The molecule has 4 nitrogen and oxygen atoms in total. The van der Waals surface area contributed by atoms with Gasteiger partial charge in [-0.2, -0.15) is 0 Å². The van der Waals surface area contributed by atoms with Crippen molar-refractivity contribution in [3.8, 4) is 17.2 Å². The number of carbonyl (C=O) groups excluding carboxylic acids is 1. The molecular weight excluding hydrogens is 364 g/mol. The Morgan fingerprint density at radius 1 is 1.00 bits per heavy atom. The van der Waals surface area contributed by atoms with Gasteiger partial charge >= 0.3 is 0 Å². The number of ether oxygens (including phenoxy) is 2. The van der Waals surface area contributed by atoms with E-state index in [0.29, 0.717) is 12.2 Å². The van der Waals surface area contributed by atoms with Crippen LogP contribution in [0.15, 0.2) is 66.7 Å². The van der Waals surface area contributed by atoms with E-state index in [9.17, 15) is 9.90 Å². The van der Waals surface area contributed by atoms with E-state index in [-0.39, 0.29) is 11.5 Å². The number of allylic oxidation sites excluding steroid dienone is 1. The molecule has 1 N–H and O–H groups in total. The molecule has 0 saturated carbocycles. The highest BCUT2D eigenvalue weighted by Crippen LogP contribution is 2.27. The highest BCUT2D eigenvalue weighted by molar-refractivity contribution is 6.07. The normalized spacial score (nSPS) is 10.9. The molecule has 0 heterocycles. The van der Waals surface area contributed by atoms with Crippen LogP contribution in [0.3, 0.4) is 0 Å². The minimum Gasteiger partial charge on any atom is -0.508 e. The van der Waals surface area contributed by atoms with Crippen molar-refractivity contribution in [3.05, 3.63) is 94.6 Å². The topological polar surface area (TPSA) is 55.8 Å². The lowest BCUT2D eigenvalue weighted by Crippen LogP contribution is -2.01. The summed E-state index contributed by atoms with van der Waals surface area (Å²) in [5.41, 5.74) is 4.35. The maximum atomic E-state index is 12.3. The van der Waals surface area contributed by atoms with Crippen LogP contribution >= 0.6 is 0 Å². The van der Waals surface area contributed by atoms with Gasteiger partial charge < -0.3 is 14.6 Å². The van der Waals surface area contributed by atoms with Crippen LogP contribution in [-0.4, -0.2) is 18.0 Å².